The second-order valence-electron chi connectivity index (χ2n) is 4.27. The van der Waals surface area contributed by atoms with Crippen molar-refractivity contribution < 1.29 is 9.90 Å². The Morgan fingerprint density at radius 1 is 1.69 bits per heavy atom. The Hall–Kier alpha value is -0.570. The highest BCUT2D eigenvalue weighted by molar-refractivity contribution is 5.84. The molecular formula is C10H19NO2. The number of carbonyl (C=O) groups is 1. The minimum atomic E-state index is -1.16. The normalized spacial score (nSPS) is 27.4. The first-order valence-electron chi connectivity index (χ1n) is 4.99. The highest BCUT2D eigenvalue weighted by Gasteiger charge is 2.35. The van der Waals surface area contributed by atoms with Crippen LogP contribution in [0.3, 0.4) is 0 Å². The Morgan fingerprint density at radius 2 is 2.31 bits per heavy atom. The van der Waals surface area contributed by atoms with Crippen molar-refractivity contribution in [2.75, 3.05) is 13.1 Å². The molecule has 3 nitrogen and oxygen atoms in total. The molecule has 2 unspecified atom stereocenters. The number of carbonyl (C=O) groups excluding carboxylic acids is 1. The summed E-state index contributed by atoms with van der Waals surface area (Å²) in [6, 6.07) is 0. The van der Waals surface area contributed by atoms with E-state index in [0.29, 0.717) is 12.3 Å². The van der Waals surface area contributed by atoms with E-state index in [9.17, 15) is 9.90 Å². The highest BCUT2D eigenvalue weighted by Crippen LogP contribution is 2.20. The van der Waals surface area contributed by atoms with Gasteiger partial charge in [0, 0.05) is 13.1 Å². The summed E-state index contributed by atoms with van der Waals surface area (Å²) >= 11 is 0. The van der Waals surface area contributed by atoms with Gasteiger partial charge in [0.05, 0.1) is 0 Å². The molecule has 1 fully saturated rings. The topological polar surface area (TPSA) is 40.5 Å². The van der Waals surface area contributed by atoms with Crippen molar-refractivity contribution in [1.82, 2.24) is 4.90 Å². The molecule has 0 aromatic carbocycles. The van der Waals surface area contributed by atoms with E-state index in [-0.39, 0.29) is 5.91 Å². The maximum Gasteiger partial charge on any atom is 0.254 e. The molecule has 0 aromatic rings. The van der Waals surface area contributed by atoms with Gasteiger partial charge >= 0.3 is 0 Å². The molecule has 0 saturated carbocycles. The van der Waals surface area contributed by atoms with Crippen LogP contribution in [0.2, 0.25) is 0 Å². The number of hydrogen-bond acceptors (Lipinski definition) is 2. The number of rotatable bonds is 2. The summed E-state index contributed by atoms with van der Waals surface area (Å²) < 4.78 is 0. The van der Waals surface area contributed by atoms with Gasteiger partial charge in [0.25, 0.3) is 5.91 Å². The van der Waals surface area contributed by atoms with Crippen molar-refractivity contribution in [3.8, 4) is 0 Å². The fourth-order valence-electron chi connectivity index (χ4n) is 1.61. The van der Waals surface area contributed by atoms with Crippen LogP contribution in [-0.4, -0.2) is 34.6 Å². The van der Waals surface area contributed by atoms with Crippen molar-refractivity contribution in [2.45, 2.75) is 39.2 Å². The number of amides is 1. The third-order valence-electron chi connectivity index (χ3n) is 2.86. The SMILES string of the molecule is CCC(C)(O)C(=O)N1CCC(C)C1. The van der Waals surface area contributed by atoms with Gasteiger partial charge in [0.1, 0.15) is 5.60 Å². The van der Waals surface area contributed by atoms with Gasteiger partial charge in [0.2, 0.25) is 0 Å². The van der Waals surface area contributed by atoms with Crippen molar-refractivity contribution >= 4 is 5.91 Å². The molecule has 0 radical (unpaired) electrons. The molecule has 1 N–H and O–H groups in total. The third kappa shape index (κ3) is 2.21. The van der Waals surface area contributed by atoms with Crippen LogP contribution in [-0.2, 0) is 4.79 Å². The predicted molar refractivity (Wildman–Crippen MR) is 51.3 cm³/mol. The zero-order chi connectivity index (χ0) is 10.1. The summed E-state index contributed by atoms with van der Waals surface area (Å²) in [5, 5.41) is 9.75. The average molecular weight is 185 g/mol. The first-order chi connectivity index (χ1) is 5.97. The average Bonchev–Trinajstić information content (AvgIpc) is 2.50. The first-order valence-corrected chi connectivity index (χ1v) is 4.99. The van der Waals surface area contributed by atoms with Crippen molar-refractivity contribution in [3.05, 3.63) is 0 Å². The smallest absolute Gasteiger partial charge is 0.254 e. The van der Waals surface area contributed by atoms with Crippen LogP contribution >= 0.6 is 0 Å². The number of nitrogens with zero attached hydrogens (tertiary/aromatic N) is 1. The Balaban J connectivity index is 2.58. The lowest BCUT2D eigenvalue weighted by molar-refractivity contribution is -0.148. The van der Waals surface area contributed by atoms with Gasteiger partial charge in [0.15, 0.2) is 0 Å². The molecule has 1 saturated heterocycles. The van der Waals surface area contributed by atoms with E-state index in [4.69, 9.17) is 0 Å². The molecule has 0 bridgehead atoms. The van der Waals surface area contributed by atoms with Gasteiger partial charge in [-0.05, 0) is 25.7 Å². The lowest BCUT2D eigenvalue weighted by Gasteiger charge is -2.26. The predicted octanol–water partition coefficient (Wildman–Crippen LogP) is 1.02. The summed E-state index contributed by atoms with van der Waals surface area (Å²) in [6.45, 7) is 7.16. The maximum absolute atomic E-state index is 11.7. The summed E-state index contributed by atoms with van der Waals surface area (Å²) in [4.78, 5) is 13.5. The quantitative estimate of drug-likeness (QED) is 0.697. The summed E-state index contributed by atoms with van der Waals surface area (Å²) in [7, 11) is 0. The second kappa shape index (κ2) is 3.66. The molecule has 1 amide bonds. The molecule has 2 atom stereocenters. The Kier molecular flexibility index (Phi) is 2.96. The van der Waals surface area contributed by atoms with Crippen LogP contribution in [0.5, 0.6) is 0 Å². The van der Waals surface area contributed by atoms with Crippen LogP contribution < -0.4 is 0 Å². The van der Waals surface area contributed by atoms with Crippen molar-refractivity contribution in [1.29, 1.82) is 0 Å². The molecule has 13 heavy (non-hydrogen) atoms. The third-order valence-corrected chi connectivity index (χ3v) is 2.86. The molecule has 0 aromatic heterocycles. The number of aliphatic hydroxyl groups is 1. The molecular weight excluding hydrogens is 166 g/mol. The summed E-state index contributed by atoms with van der Waals surface area (Å²) in [6.07, 6.45) is 1.54. The van der Waals surface area contributed by atoms with Crippen molar-refractivity contribution in [3.63, 3.8) is 0 Å². The molecule has 1 aliphatic heterocycles. The Morgan fingerprint density at radius 3 is 2.69 bits per heavy atom. The number of likely N-dealkylation sites (tertiary alicyclic amines) is 1. The zero-order valence-corrected chi connectivity index (χ0v) is 8.71. The minimum absolute atomic E-state index is 0.112. The molecule has 1 heterocycles. The molecule has 3 heteroatoms. The molecule has 76 valence electrons. The van der Waals surface area contributed by atoms with Gasteiger partial charge in [-0.2, -0.15) is 0 Å². The molecule has 1 aliphatic rings. The monoisotopic (exact) mass is 185 g/mol. The first kappa shape index (κ1) is 10.5. The Bertz CT molecular complexity index is 201. The number of hydrogen-bond donors (Lipinski definition) is 1. The van der Waals surface area contributed by atoms with E-state index in [1.54, 1.807) is 11.8 Å². The zero-order valence-electron chi connectivity index (χ0n) is 8.71. The molecule has 1 rings (SSSR count). The highest BCUT2D eigenvalue weighted by atomic mass is 16.3. The van der Waals surface area contributed by atoms with Gasteiger partial charge in [-0.3, -0.25) is 4.79 Å². The maximum atomic E-state index is 11.7. The van der Waals surface area contributed by atoms with Crippen LogP contribution in [0.25, 0.3) is 0 Å². The fourth-order valence-corrected chi connectivity index (χ4v) is 1.61. The lowest BCUT2D eigenvalue weighted by Crippen LogP contribution is -2.45. The molecule has 0 aliphatic carbocycles. The van der Waals surface area contributed by atoms with Gasteiger partial charge in [-0.25, -0.2) is 0 Å². The summed E-state index contributed by atoms with van der Waals surface area (Å²) in [5.41, 5.74) is -1.16. The van der Waals surface area contributed by atoms with E-state index in [2.05, 4.69) is 6.92 Å². The van der Waals surface area contributed by atoms with E-state index in [0.717, 1.165) is 19.5 Å². The standard InChI is InChI=1S/C10H19NO2/c1-4-10(3,13)9(12)11-6-5-8(2)7-11/h8,13H,4-7H2,1-3H3. The van der Waals surface area contributed by atoms with Gasteiger partial charge < -0.3 is 10.0 Å². The summed E-state index contributed by atoms with van der Waals surface area (Å²) in [5.74, 6) is 0.468. The minimum Gasteiger partial charge on any atom is -0.380 e. The fraction of sp³-hybridized carbons (Fsp3) is 0.900. The lowest BCUT2D eigenvalue weighted by atomic mass is 10.0. The van der Waals surface area contributed by atoms with Crippen LogP contribution in [0, 0.1) is 5.92 Å². The van der Waals surface area contributed by atoms with E-state index >= 15 is 0 Å². The molecule has 0 spiro atoms. The van der Waals surface area contributed by atoms with Crippen LogP contribution in [0.4, 0.5) is 0 Å². The van der Waals surface area contributed by atoms with E-state index < -0.39 is 5.60 Å². The van der Waals surface area contributed by atoms with Crippen molar-refractivity contribution in [2.24, 2.45) is 5.92 Å². The largest absolute Gasteiger partial charge is 0.380 e. The van der Waals surface area contributed by atoms with Gasteiger partial charge in [-0.1, -0.05) is 13.8 Å². The second-order valence-corrected chi connectivity index (χ2v) is 4.27. The van der Waals surface area contributed by atoms with Crippen LogP contribution in [0.15, 0.2) is 0 Å². The van der Waals surface area contributed by atoms with Crippen LogP contribution in [0.1, 0.15) is 33.6 Å². The van der Waals surface area contributed by atoms with E-state index in [1.165, 1.54) is 0 Å². The van der Waals surface area contributed by atoms with Gasteiger partial charge in [-0.15, -0.1) is 0 Å². The van der Waals surface area contributed by atoms with E-state index in [1.807, 2.05) is 6.92 Å². The Labute approximate surface area is 79.7 Å².